The molecule has 9 nitrogen and oxygen atoms in total. The minimum absolute atomic E-state index is 0.0185. The Morgan fingerprint density at radius 2 is 1.87 bits per heavy atom. The molecule has 0 atom stereocenters. The summed E-state index contributed by atoms with van der Waals surface area (Å²) in [5, 5.41) is 11.7. The van der Waals surface area contributed by atoms with Gasteiger partial charge < -0.3 is 9.80 Å². The number of nitrogens with zero attached hydrogens (tertiary/aromatic N) is 6. The van der Waals surface area contributed by atoms with E-state index in [1.165, 1.54) is 20.5 Å². The van der Waals surface area contributed by atoms with Crippen LogP contribution in [0, 0.1) is 12.3 Å². The van der Waals surface area contributed by atoms with Gasteiger partial charge in [0.1, 0.15) is 0 Å². The number of carbonyl (C=O) groups is 2. The Morgan fingerprint density at radius 3 is 2.56 bits per heavy atom. The van der Waals surface area contributed by atoms with Gasteiger partial charge in [-0.2, -0.15) is 23.4 Å². The third-order valence-corrected chi connectivity index (χ3v) is 6.88. The average Bonchev–Trinajstić information content (AvgIpc) is 3.47. The van der Waals surface area contributed by atoms with Gasteiger partial charge in [-0.05, 0) is 31.2 Å². The number of rotatable bonds is 3. The first-order valence-corrected chi connectivity index (χ1v) is 12.4. The molecule has 0 saturated carbocycles. The van der Waals surface area contributed by atoms with Crippen LogP contribution in [0.15, 0.2) is 36.5 Å². The topological polar surface area (TPSA) is 100 Å². The van der Waals surface area contributed by atoms with Gasteiger partial charge in [0.15, 0.2) is 11.3 Å². The van der Waals surface area contributed by atoms with E-state index in [-0.39, 0.29) is 42.5 Å². The van der Waals surface area contributed by atoms with Gasteiger partial charge in [0.2, 0.25) is 5.91 Å². The van der Waals surface area contributed by atoms with Crippen LogP contribution >= 0.6 is 0 Å². The lowest BCUT2D eigenvalue weighted by Gasteiger charge is -2.33. The summed E-state index contributed by atoms with van der Waals surface area (Å²) in [5.41, 5.74) is 1.11. The van der Waals surface area contributed by atoms with Gasteiger partial charge in [-0.1, -0.05) is 26.8 Å². The summed E-state index contributed by atoms with van der Waals surface area (Å²) in [6.45, 7) is 7.14. The zero-order valence-corrected chi connectivity index (χ0v) is 22.2. The van der Waals surface area contributed by atoms with Crippen LogP contribution in [0.5, 0.6) is 0 Å². The fourth-order valence-electron chi connectivity index (χ4n) is 4.79. The lowest BCUT2D eigenvalue weighted by Crippen LogP contribution is -2.42. The maximum absolute atomic E-state index is 14.0. The molecule has 1 aliphatic rings. The molecule has 0 spiro atoms. The van der Waals surface area contributed by atoms with Crippen molar-refractivity contribution < 1.29 is 22.8 Å². The van der Waals surface area contributed by atoms with Crippen molar-refractivity contribution in [3.8, 4) is 5.69 Å². The highest BCUT2D eigenvalue weighted by Crippen LogP contribution is 2.37. The Kier molecular flexibility index (Phi) is 6.23. The number of carbonyl (C=O) groups excluding carboxylic acids is 2. The molecule has 0 fully saturated rings. The summed E-state index contributed by atoms with van der Waals surface area (Å²) in [6, 6.07) is 8.14. The number of halogens is 3. The van der Waals surface area contributed by atoms with E-state index in [4.69, 9.17) is 0 Å². The summed E-state index contributed by atoms with van der Waals surface area (Å²) in [5.74, 6) is -0.582. The number of anilines is 1. The third kappa shape index (κ3) is 4.75. The molecule has 5 rings (SSSR count). The minimum atomic E-state index is -4.70. The summed E-state index contributed by atoms with van der Waals surface area (Å²) < 4.78 is 43.3. The standard InChI is InChI=1S/C27H28F3N7O2/c1-15-19-12-18(13-31-23(19)33-32-15)35(5)24(38)16-7-6-8-17(11-16)37-21-9-10-36(25(39)26(2,3)4)14-20(21)22(34-37)27(28,29)30/h6-8,11-13H,9-10,14H2,1-5H3,(H,31,32,33). The Morgan fingerprint density at radius 1 is 1.13 bits per heavy atom. The predicted molar refractivity (Wildman–Crippen MR) is 139 cm³/mol. The van der Waals surface area contributed by atoms with E-state index in [1.807, 2.05) is 6.92 Å². The van der Waals surface area contributed by atoms with Crippen LogP contribution in [0.3, 0.4) is 0 Å². The number of nitrogens with one attached hydrogen (secondary N) is 1. The molecule has 0 bridgehead atoms. The minimum Gasteiger partial charge on any atom is -0.337 e. The molecule has 0 unspecified atom stereocenters. The van der Waals surface area contributed by atoms with Crippen molar-refractivity contribution >= 4 is 28.5 Å². The zero-order valence-electron chi connectivity index (χ0n) is 22.2. The summed E-state index contributed by atoms with van der Waals surface area (Å²) >= 11 is 0. The average molecular weight is 540 g/mol. The van der Waals surface area contributed by atoms with E-state index in [2.05, 4.69) is 20.3 Å². The van der Waals surface area contributed by atoms with E-state index in [9.17, 15) is 22.8 Å². The van der Waals surface area contributed by atoms with E-state index in [1.54, 1.807) is 58.3 Å². The van der Waals surface area contributed by atoms with Crippen LogP contribution in [-0.2, 0) is 23.9 Å². The molecule has 3 aromatic heterocycles. The normalized spacial score (nSPS) is 14.0. The van der Waals surface area contributed by atoms with Crippen LogP contribution in [0.25, 0.3) is 16.7 Å². The van der Waals surface area contributed by atoms with Crippen LogP contribution in [0.1, 0.15) is 53.8 Å². The number of aryl methyl sites for hydroxylation is 1. The molecule has 1 aliphatic heterocycles. The van der Waals surface area contributed by atoms with Crippen molar-refractivity contribution in [1.29, 1.82) is 0 Å². The molecule has 12 heteroatoms. The van der Waals surface area contributed by atoms with Gasteiger partial charge in [0.05, 0.1) is 29.0 Å². The van der Waals surface area contributed by atoms with Gasteiger partial charge in [-0.15, -0.1) is 0 Å². The van der Waals surface area contributed by atoms with Crippen molar-refractivity contribution in [1.82, 2.24) is 29.9 Å². The van der Waals surface area contributed by atoms with Gasteiger partial charge in [-0.25, -0.2) is 9.67 Å². The Hall–Kier alpha value is -4.22. The number of fused-ring (bicyclic) bond motifs is 2. The first kappa shape index (κ1) is 26.4. The highest BCUT2D eigenvalue weighted by molar-refractivity contribution is 6.06. The number of alkyl halides is 3. The summed E-state index contributed by atoms with van der Waals surface area (Å²) in [4.78, 5) is 33.4. The first-order chi connectivity index (χ1) is 18.3. The Balaban J connectivity index is 1.50. The van der Waals surface area contributed by atoms with E-state index in [0.717, 1.165) is 11.1 Å². The summed E-state index contributed by atoms with van der Waals surface area (Å²) in [6.07, 6.45) is -2.95. The van der Waals surface area contributed by atoms with Crippen LogP contribution in [0.2, 0.25) is 0 Å². The number of benzene rings is 1. The van der Waals surface area contributed by atoms with Gasteiger partial charge in [-0.3, -0.25) is 14.7 Å². The van der Waals surface area contributed by atoms with Crippen molar-refractivity contribution in [2.45, 2.75) is 46.8 Å². The van der Waals surface area contributed by atoms with Gasteiger partial charge in [0.25, 0.3) is 5.91 Å². The molecule has 0 radical (unpaired) electrons. The zero-order chi connectivity index (χ0) is 28.3. The molecule has 0 aliphatic carbocycles. The molecular formula is C27H28F3N7O2. The first-order valence-electron chi connectivity index (χ1n) is 12.4. The third-order valence-electron chi connectivity index (χ3n) is 6.88. The molecule has 0 saturated heterocycles. The molecule has 1 N–H and O–H groups in total. The molecule has 2 amide bonds. The second kappa shape index (κ2) is 9.21. The molecular weight excluding hydrogens is 511 g/mol. The van der Waals surface area contributed by atoms with Crippen LogP contribution < -0.4 is 4.90 Å². The SMILES string of the molecule is Cc1n[nH]c2ncc(N(C)C(=O)c3cccc(-n4nc(C(F)(F)F)c5c4CCN(C(=O)C(C)(C)C)C5)c3)cc12. The smallest absolute Gasteiger partial charge is 0.337 e. The number of hydrogen-bond acceptors (Lipinski definition) is 5. The lowest BCUT2D eigenvalue weighted by molar-refractivity contribution is -0.145. The maximum Gasteiger partial charge on any atom is 0.435 e. The number of amides is 2. The van der Waals surface area contributed by atoms with Crippen molar-refractivity contribution in [2.24, 2.45) is 5.41 Å². The largest absolute Gasteiger partial charge is 0.435 e. The molecule has 4 heterocycles. The molecule has 204 valence electrons. The molecule has 39 heavy (non-hydrogen) atoms. The number of pyridine rings is 1. The van der Waals surface area contributed by atoms with Crippen molar-refractivity contribution in [3.63, 3.8) is 0 Å². The fourth-order valence-corrected chi connectivity index (χ4v) is 4.79. The number of aromatic amines is 1. The van der Waals surface area contributed by atoms with Crippen molar-refractivity contribution in [3.05, 3.63) is 64.7 Å². The van der Waals surface area contributed by atoms with E-state index in [0.29, 0.717) is 22.7 Å². The Bertz CT molecular complexity index is 1600. The number of aromatic nitrogens is 5. The lowest BCUT2D eigenvalue weighted by atomic mass is 9.93. The van der Waals surface area contributed by atoms with Crippen LogP contribution in [-0.4, -0.2) is 55.3 Å². The Labute approximate surface area is 222 Å². The predicted octanol–water partition coefficient (Wildman–Crippen LogP) is 4.68. The van der Waals surface area contributed by atoms with Gasteiger partial charge in [0, 0.05) is 48.5 Å². The van der Waals surface area contributed by atoms with E-state index >= 15 is 0 Å². The second-order valence-electron chi connectivity index (χ2n) is 10.7. The fraction of sp³-hybridized carbons (Fsp3) is 0.370. The molecule has 4 aromatic rings. The highest BCUT2D eigenvalue weighted by atomic mass is 19.4. The molecule has 1 aromatic carbocycles. The van der Waals surface area contributed by atoms with Gasteiger partial charge >= 0.3 is 6.18 Å². The van der Waals surface area contributed by atoms with Crippen molar-refractivity contribution in [2.75, 3.05) is 18.5 Å². The van der Waals surface area contributed by atoms with E-state index < -0.39 is 17.3 Å². The number of hydrogen-bond donors (Lipinski definition) is 1. The number of H-pyrrole nitrogens is 1. The van der Waals surface area contributed by atoms with Crippen LogP contribution in [0.4, 0.5) is 18.9 Å². The summed E-state index contributed by atoms with van der Waals surface area (Å²) in [7, 11) is 1.60. The monoisotopic (exact) mass is 539 g/mol. The maximum atomic E-state index is 14.0. The highest BCUT2D eigenvalue weighted by Gasteiger charge is 2.42. The quantitative estimate of drug-likeness (QED) is 0.408. The second-order valence-corrected chi connectivity index (χ2v) is 10.7.